The van der Waals surface area contributed by atoms with E-state index < -0.39 is 6.09 Å². The Hall–Kier alpha value is -4.84. The molecule has 4 rings (SSSR count). The smallest absolute Gasteiger partial charge is 0.417 e. The number of methoxy groups -OCH3 is 2. The van der Waals surface area contributed by atoms with E-state index in [1.54, 1.807) is 74.9 Å². The molecule has 0 aliphatic heterocycles. The summed E-state index contributed by atoms with van der Waals surface area (Å²) in [4.78, 5) is 20.6. The van der Waals surface area contributed by atoms with Crippen molar-refractivity contribution < 1.29 is 23.7 Å². The molecule has 33 heavy (non-hydrogen) atoms. The first-order valence-corrected chi connectivity index (χ1v) is 9.74. The number of carbonyl (C=O) groups excluding carboxylic acids is 1. The lowest BCUT2D eigenvalue weighted by atomic mass is 10.2. The molecule has 0 bridgehead atoms. The number of anilines is 1. The van der Waals surface area contributed by atoms with Crippen molar-refractivity contribution in [2.45, 2.75) is 0 Å². The van der Waals surface area contributed by atoms with E-state index in [4.69, 9.17) is 24.2 Å². The molecule has 1 heterocycles. The molecule has 0 unspecified atom stereocenters. The quantitative estimate of drug-likeness (QED) is 0.447. The normalized spacial score (nSPS) is 10.2. The molecule has 9 nitrogen and oxygen atoms in total. The van der Waals surface area contributed by atoms with Gasteiger partial charge in [-0.3, -0.25) is 5.32 Å². The van der Waals surface area contributed by atoms with Crippen LogP contribution >= 0.6 is 0 Å². The third-order valence-corrected chi connectivity index (χ3v) is 4.63. The molecule has 1 N–H and O–H groups in total. The number of hydrogen-bond acceptors (Lipinski definition) is 8. The van der Waals surface area contributed by atoms with Crippen molar-refractivity contribution in [2.24, 2.45) is 0 Å². The number of carbonyl (C=O) groups is 1. The minimum atomic E-state index is -0.714. The Morgan fingerprint density at radius 3 is 2.39 bits per heavy atom. The van der Waals surface area contributed by atoms with E-state index in [-0.39, 0.29) is 11.3 Å². The zero-order chi connectivity index (χ0) is 23.2. The first-order valence-electron chi connectivity index (χ1n) is 9.74. The third kappa shape index (κ3) is 4.75. The molecule has 1 amide bonds. The molecule has 0 spiro atoms. The van der Waals surface area contributed by atoms with Crippen molar-refractivity contribution in [3.05, 3.63) is 72.6 Å². The van der Waals surface area contributed by atoms with Crippen molar-refractivity contribution in [3.8, 4) is 34.9 Å². The highest BCUT2D eigenvalue weighted by Crippen LogP contribution is 2.35. The molecular weight excluding hydrogens is 424 g/mol. The molecule has 0 aliphatic carbocycles. The number of hydrogen-bond donors (Lipinski definition) is 1. The monoisotopic (exact) mass is 442 g/mol. The highest BCUT2D eigenvalue weighted by atomic mass is 16.6. The third-order valence-electron chi connectivity index (χ3n) is 4.63. The summed E-state index contributed by atoms with van der Waals surface area (Å²) in [6, 6.07) is 18.6. The Labute approximate surface area is 189 Å². The van der Waals surface area contributed by atoms with E-state index in [9.17, 15) is 4.79 Å². The van der Waals surface area contributed by atoms with Crippen LogP contribution in [-0.2, 0) is 0 Å². The summed E-state index contributed by atoms with van der Waals surface area (Å²) >= 11 is 0. The molecule has 1 aromatic heterocycles. The topological polar surface area (TPSA) is 116 Å². The van der Waals surface area contributed by atoms with Gasteiger partial charge in [0.2, 0.25) is 5.88 Å². The molecule has 4 aromatic rings. The van der Waals surface area contributed by atoms with Gasteiger partial charge in [-0.1, -0.05) is 12.1 Å². The number of aromatic nitrogens is 2. The fourth-order valence-electron chi connectivity index (χ4n) is 3.05. The number of nitrogens with one attached hydrogen (secondary N) is 1. The maximum atomic E-state index is 12.2. The van der Waals surface area contributed by atoms with E-state index in [1.807, 2.05) is 6.07 Å². The van der Waals surface area contributed by atoms with Gasteiger partial charge in [-0.25, -0.2) is 14.8 Å². The molecule has 0 radical (unpaired) electrons. The first kappa shape index (κ1) is 21.4. The van der Waals surface area contributed by atoms with Gasteiger partial charge in [0.05, 0.1) is 30.7 Å². The number of nitriles is 1. The Kier molecular flexibility index (Phi) is 6.18. The van der Waals surface area contributed by atoms with Crippen LogP contribution in [0.5, 0.6) is 28.9 Å². The average Bonchev–Trinajstić information content (AvgIpc) is 2.84. The second-order valence-corrected chi connectivity index (χ2v) is 6.65. The van der Waals surface area contributed by atoms with Gasteiger partial charge in [0.25, 0.3) is 0 Å². The highest BCUT2D eigenvalue weighted by Gasteiger charge is 2.13. The molecular formula is C24H18N4O5. The minimum Gasteiger partial charge on any atom is -0.493 e. The molecule has 3 aromatic carbocycles. The molecule has 0 atom stereocenters. The van der Waals surface area contributed by atoms with Crippen LogP contribution in [0.25, 0.3) is 10.9 Å². The average molecular weight is 442 g/mol. The van der Waals surface area contributed by atoms with E-state index in [0.717, 1.165) is 0 Å². The van der Waals surface area contributed by atoms with Gasteiger partial charge in [-0.2, -0.15) is 5.26 Å². The van der Waals surface area contributed by atoms with Crippen LogP contribution in [0.3, 0.4) is 0 Å². The number of rotatable bonds is 6. The lowest BCUT2D eigenvalue weighted by molar-refractivity contribution is 0.215. The van der Waals surface area contributed by atoms with Crippen molar-refractivity contribution in [3.63, 3.8) is 0 Å². The van der Waals surface area contributed by atoms with Crippen LogP contribution in [0, 0.1) is 11.3 Å². The summed E-state index contributed by atoms with van der Waals surface area (Å²) in [7, 11) is 3.10. The molecule has 164 valence electrons. The molecule has 0 fully saturated rings. The van der Waals surface area contributed by atoms with Crippen LogP contribution in [-0.4, -0.2) is 30.3 Å². The van der Waals surface area contributed by atoms with Crippen molar-refractivity contribution in [1.82, 2.24) is 9.97 Å². The van der Waals surface area contributed by atoms with Crippen LogP contribution in [0.1, 0.15) is 5.56 Å². The van der Waals surface area contributed by atoms with Crippen LogP contribution in [0.2, 0.25) is 0 Å². The standard InChI is InChI=1S/C24H18N4O5/c1-30-21-11-18-19(12-22(21)31-2)26-14-27-23(18)32-17-9-7-16(8-10-17)28-24(29)33-20-6-4-3-5-15(20)13-25/h3-12,14H,1-2H3,(H,28,29). The maximum absolute atomic E-state index is 12.2. The maximum Gasteiger partial charge on any atom is 0.417 e. The Balaban J connectivity index is 1.48. The summed E-state index contributed by atoms with van der Waals surface area (Å²) in [6.07, 6.45) is 0.684. The zero-order valence-electron chi connectivity index (χ0n) is 17.7. The second kappa shape index (κ2) is 9.53. The second-order valence-electron chi connectivity index (χ2n) is 6.65. The van der Waals surface area contributed by atoms with Gasteiger partial charge in [0.15, 0.2) is 17.2 Å². The van der Waals surface area contributed by atoms with Gasteiger partial charge in [0.1, 0.15) is 18.1 Å². The predicted octanol–water partition coefficient (Wildman–Crippen LogP) is 4.92. The van der Waals surface area contributed by atoms with Gasteiger partial charge in [-0.05, 0) is 42.5 Å². The minimum absolute atomic E-state index is 0.181. The van der Waals surface area contributed by atoms with Gasteiger partial charge in [0, 0.05) is 11.8 Å². The van der Waals surface area contributed by atoms with E-state index in [0.29, 0.717) is 39.7 Å². The number of fused-ring (bicyclic) bond motifs is 1. The Morgan fingerprint density at radius 2 is 1.67 bits per heavy atom. The summed E-state index contributed by atoms with van der Waals surface area (Å²) < 4.78 is 21.8. The molecule has 0 saturated carbocycles. The molecule has 0 saturated heterocycles. The number of nitrogens with zero attached hydrogens (tertiary/aromatic N) is 3. The Bertz CT molecular complexity index is 1350. The number of ether oxygens (including phenoxy) is 4. The lowest BCUT2D eigenvalue weighted by Gasteiger charge is -2.12. The van der Waals surface area contributed by atoms with E-state index in [1.165, 1.54) is 6.33 Å². The van der Waals surface area contributed by atoms with E-state index >= 15 is 0 Å². The fraction of sp³-hybridized carbons (Fsp3) is 0.0833. The molecule has 0 aliphatic rings. The summed E-state index contributed by atoms with van der Waals surface area (Å²) in [5.74, 6) is 2.10. The van der Waals surface area contributed by atoms with Crippen LogP contribution in [0.4, 0.5) is 10.5 Å². The number of benzene rings is 3. The van der Waals surface area contributed by atoms with Gasteiger partial charge >= 0.3 is 6.09 Å². The fourth-order valence-corrected chi connectivity index (χ4v) is 3.05. The lowest BCUT2D eigenvalue weighted by Crippen LogP contribution is -2.17. The number of amides is 1. The number of para-hydroxylation sites is 1. The zero-order valence-corrected chi connectivity index (χ0v) is 17.7. The first-order chi connectivity index (χ1) is 16.1. The Morgan fingerprint density at radius 1 is 0.939 bits per heavy atom. The largest absolute Gasteiger partial charge is 0.493 e. The van der Waals surface area contributed by atoms with Crippen molar-refractivity contribution in [1.29, 1.82) is 5.26 Å². The summed E-state index contributed by atoms with van der Waals surface area (Å²) in [5, 5.41) is 12.4. The predicted molar refractivity (Wildman–Crippen MR) is 120 cm³/mol. The van der Waals surface area contributed by atoms with Gasteiger partial charge in [-0.15, -0.1) is 0 Å². The SMILES string of the molecule is COc1cc2ncnc(Oc3ccc(NC(=O)Oc4ccccc4C#N)cc3)c2cc1OC. The van der Waals surface area contributed by atoms with Crippen molar-refractivity contribution in [2.75, 3.05) is 19.5 Å². The van der Waals surface area contributed by atoms with Crippen LogP contribution < -0.4 is 24.3 Å². The highest BCUT2D eigenvalue weighted by molar-refractivity contribution is 5.88. The van der Waals surface area contributed by atoms with Crippen molar-refractivity contribution >= 4 is 22.7 Å². The van der Waals surface area contributed by atoms with Crippen LogP contribution in [0.15, 0.2) is 67.0 Å². The summed E-state index contributed by atoms with van der Waals surface area (Å²) in [5.41, 5.74) is 1.39. The molecule has 9 heteroatoms. The van der Waals surface area contributed by atoms with E-state index in [2.05, 4.69) is 15.3 Å². The van der Waals surface area contributed by atoms with Gasteiger partial charge < -0.3 is 18.9 Å². The summed E-state index contributed by atoms with van der Waals surface area (Å²) in [6.45, 7) is 0.